The maximum atomic E-state index is 5.74. The molecular formula is C11H24N2S. The van der Waals surface area contributed by atoms with Gasteiger partial charge in [0.15, 0.2) is 0 Å². The number of hydrogen-bond donors (Lipinski definition) is 1. The van der Waals surface area contributed by atoms with Crippen LogP contribution in [0.2, 0.25) is 0 Å². The maximum Gasteiger partial charge on any atom is 0.0172 e. The maximum absolute atomic E-state index is 5.74. The second-order valence-corrected chi connectivity index (χ2v) is 5.58. The predicted octanol–water partition coefficient (Wildman–Crippen LogP) is 1.80. The highest BCUT2D eigenvalue weighted by Gasteiger charge is 2.20. The van der Waals surface area contributed by atoms with Crippen LogP contribution in [-0.2, 0) is 0 Å². The van der Waals surface area contributed by atoms with E-state index >= 15 is 0 Å². The molecule has 2 nitrogen and oxygen atoms in total. The van der Waals surface area contributed by atoms with Crippen LogP contribution >= 0.6 is 11.8 Å². The smallest absolute Gasteiger partial charge is 0.0172 e. The molecule has 0 saturated carbocycles. The Hall–Kier alpha value is 0.270. The van der Waals surface area contributed by atoms with E-state index < -0.39 is 0 Å². The van der Waals surface area contributed by atoms with Gasteiger partial charge in [-0.15, -0.1) is 0 Å². The molecule has 1 aliphatic rings. The van der Waals surface area contributed by atoms with Gasteiger partial charge in [0.1, 0.15) is 0 Å². The first-order valence-electron chi connectivity index (χ1n) is 5.84. The van der Waals surface area contributed by atoms with Gasteiger partial charge >= 0.3 is 0 Å². The average Bonchev–Trinajstić information content (AvgIpc) is 2.26. The highest BCUT2D eigenvalue weighted by atomic mass is 32.2. The van der Waals surface area contributed by atoms with Crippen molar-refractivity contribution in [3.8, 4) is 0 Å². The summed E-state index contributed by atoms with van der Waals surface area (Å²) < 4.78 is 0. The average molecular weight is 216 g/mol. The van der Waals surface area contributed by atoms with Crippen molar-refractivity contribution in [3.05, 3.63) is 0 Å². The van der Waals surface area contributed by atoms with Crippen LogP contribution in [0.5, 0.6) is 0 Å². The Balaban J connectivity index is 2.29. The quantitative estimate of drug-likeness (QED) is 0.760. The van der Waals surface area contributed by atoms with Crippen molar-refractivity contribution in [2.45, 2.75) is 31.9 Å². The van der Waals surface area contributed by atoms with Crippen molar-refractivity contribution in [1.82, 2.24) is 4.90 Å². The minimum atomic E-state index is 0.704. The van der Waals surface area contributed by atoms with E-state index in [1.807, 2.05) is 0 Å². The summed E-state index contributed by atoms with van der Waals surface area (Å²) in [4.78, 5) is 2.60. The van der Waals surface area contributed by atoms with Gasteiger partial charge in [-0.25, -0.2) is 0 Å². The molecule has 1 heterocycles. The second-order valence-electron chi connectivity index (χ2n) is 4.17. The van der Waals surface area contributed by atoms with Crippen LogP contribution in [0.15, 0.2) is 0 Å². The summed E-state index contributed by atoms with van der Waals surface area (Å²) >= 11 is 2.14. The van der Waals surface area contributed by atoms with Crippen LogP contribution < -0.4 is 5.73 Å². The van der Waals surface area contributed by atoms with Crippen LogP contribution in [0.3, 0.4) is 0 Å². The topological polar surface area (TPSA) is 29.3 Å². The normalized spacial score (nSPS) is 26.4. The summed E-state index contributed by atoms with van der Waals surface area (Å²) in [5.41, 5.74) is 5.74. The molecule has 1 saturated heterocycles. The third-order valence-corrected chi connectivity index (χ3v) is 4.48. The molecule has 3 heteroatoms. The molecule has 0 radical (unpaired) electrons. The van der Waals surface area contributed by atoms with E-state index in [1.54, 1.807) is 0 Å². The molecule has 2 atom stereocenters. The van der Waals surface area contributed by atoms with Crippen LogP contribution in [0, 0.1) is 5.92 Å². The van der Waals surface area contributed by atoms with Crippen LogP contribution in [0.1, 0.15) is 26.7 Å². The lowest BCUT2D eigenvalue weighted by Gasteiger charge is -2.33. The summed E-state index contributed by atoms with van der Waals surface area (Å²) in [5, 5.41) is 0.860. The summed E-state index contributed by atoms with van der Waals surface area (Å²) in [6, 6.07) is 0. The second kappa shape index (κ2) is 6.70. The molecule has 1 fully saturated rings. The molecule has 0 aromatic rings. The van der Waals surface area contributed by atoms with Gasteiger partial charge in [-0.2, -0.15) is 11.8 Å². The zero-order valence-corrected chi connectivity index (χ0v) is 10.4. The first-order chi connectivity index (χ1) is 6.80. The van der Waals surface area contributed by atoms with Gasteiger partial charge in [0.25, 0.3) is 0 Å². The Morgan fingerprint density at radius 3 is 2.86 bits per heavy atom. The van der Waals surface area contributed by atoms with Gasteiger partial charge in [-0.1, -0.05) is 20.3 Å². The molecule has 2 unspecified atom stereocenters. The third kappa shape index (κ3) is 3.79. The van der Waals surface area contributed by atoms with Crippen LogP contribution in [0.25, 0.3) is 0 Å². The Labute approximate surface area is 92.6 Å². The molecule has 84 valence electrons. The van der Waals surface area contributed by atoms with E-state index in [1.165, 1.54) is 38.2 Å². The highest BCUT2D eigenvalue weighted by molar-refractivity contribution is 8.00. The lowest BCUT2D eigenvalue weighted by atomic mass is 10.1. The van der Waals surface area contributed by atoms with Crippen molar-refractivity contribution >= 4 is 11.8 Å². The zero-order valence-electron chi connectivity index (χ0n) is 9.54. The zero-order chi connectivity index (χ0) is 10.4. The molecule has 0 aromatic heterocycles. The molecule has 14 heavy (non-hydrogen) atoms. The van der Waals surface area contributed by atoms with Crippen molar-refractivity contribution in [2.24, 2.45) is 11.7 Å². The predicted molar refractivity (Wildman–Crippen MR) is 65.8 cm³/mol. The van der Waals surface area contributed by atoms with Crippen LogP contribution in [-0.4, -0.2) is 42.1 Å². The van der Waals surface area contributed by atoms with Gasteiger partial charge in [0.05, 0.1) is 0 Å². The lowest BCUT2D eigenvalue weighted by molar-refractivity contribution is 0.235. The lowest BCUT2D eigenvalue weighted by Crippen LogP contribution is -2.41. The SMILES string of the molecule is CCC(CN)CN1CCSC(CC)C1. The van der Waals surface area contributed by atoms with E-state index in [0.29, 0.717) is 5.92 Å². The van der Waals surface area contributed by atoms with Gasteiger partial charge in [0, 0.05) is 30.6 Å². The van der Waals surface area contributed by atoms with Gasteiger partial charge < -0.3 is 10.6 Å². The number of nitrogens with zero attached hydrogens (tertiary/aromatic N) is 1. The third-order valence-electron chi connectivity index (χ3n) is 3.11. The van der Waals surface area contributed by atoms with E-state index in [9.17, 15) is 0 Å². The molecule has 0 bridgehead atoms. The van der Waals surface area contributed by atoms with E-state index in [4.69, 9.17) is 5.73 Å². The van der Waals surface area contributed by atoms with Crippen molar-refractivity contribution in [2.75, 3.05) is 31.9 Å². The highest BCUT2D eigenvalue weighted by Crippen LogP contribution is 2.21. The number of hydrogen-bond acceptors (Lipinski definition) is 3. The van der Waals surface area contributed by atoms with E-state index in [2.05, 4.69) is 30.5 Å². The Kier molecular flexibility index (Phi) is 5.90. The number of nitrogens with two attached hydrogens (primary N) is 1. The van der Waals surface area contributed by atoms with Crippen molar-refractivity contribution in [1.29, 1.82) is 0 Å². The number of rotatable bonds is 5. The van der Waals surface area contributed by atoms with E-state index in [0.717, 1.165) is 11.8 Å². The summed E-state index contributed by atoms with van der Waals surface area (Å²) in [6.45, 7) is 9.13. The first kappa shape index (κ1) is 12.3. The fourth-order valence-electron chi connectivity index (χ4n) is 1.93. The van der Waals surface area contributed by atoms with E-state index in [-0.39, 0.29) is 0 Å². The summed E-state index contributed by atoms with van der Waals surface area (Å²) in [7, 11) is 0. The first-order valence-corrected chi connectivity index (χ1v) is 6.89. The largest absolute Gasteiger partial charge is 0.330 e. The molecule has 1 aliphatic heterocycles. The Morgan fingerprint density at radius 1 is 1.50 bits per heavy atom. The fourth-order valence-corrected chi connectivity index (χ4v) is 3.18. The molecule has 2 N–H and O–H groups in total. The van der Waals surface area contributed by atoms with Crippen LogP contribution in [0.4, 0.5) is 0 Å². The Bertz CT molecular complexity index is 148. The molecule has 0 aromatic carbocycles. The number of thioether (sulfide) groups is 1. The minimum Gasteiger partial charge on any atom is -0.330 e. The minimum absolute atomic E-state index is 0.704. The van der Waals surface area contributed by atoms with Crippen molar-refractivity contribution < 1.29 is 0 Å². The molecule has 1 rings (SSSR count). The monoisotopic (exact) mass is 216 g/mol. The summed E-state index contributed by atoms with van der Waals surface area (Å²) in [6.07, 6.45) is 2.53. The molecule has 0 spiro atoms. The molecule has 0 amide bonds. The van der Waals surface area contributed by atoms with Crippen molar-refractivity contribution in [3.63, 3.8) is 0 Å². The van der Waals surface area contributed by atoms with Gasteiger partial charge in [0.2, 0.25) is 0 Å². The van der Waals surface area contributed by atoms with Gasteiger partial charge in [-0.3, -0.25) is 0 Å². The molecular weight excluding hydrogens is 192 g/mol. The standard InChI is InChI=1S/C11H24N2S/c1-3-10(7-12)8-13-5-6-14-11(4-2)9-13/h10-11H,3-9,12H2,1-2H3. The summed E-state index contributed by atoms with van der Waals surface area (Å²) in [5.74, 6) is 2.01. The van der Waals surface area contributed by atoms with Gasteiger partial charge in [-0.05, 0) is 18.9 Å². The molecule has 0 aliphatic carbocycles. The Morgan fingerprint density at radius 2 is 2.29 bits per heavy atom. The fraction of sp³-hybridized carbons (Fsp3) is 1.00.